The monoisotopic (exact) mass is 192 g/mol. The molecule has 2 N–H and O–H groups in total. The van der Waals surface area contributed by atoms with Gasteiger partial charge in [-0.25, -0.2) is 0 Å². The predicted octanol–water partition coefficient (Wildman–Crippen LogP) is -9.38. The fourth-order valence-electron chi connectivity index (χ4n) is 0.246. The zero-order valence-corrected chi connectivity index (χ0v) is 11.0. The van der Waals surface area contributed by atoms with Crippen molar-refractivity contribution in [3.05, 3.63) is 12.2 Å². The molecule has 0 bridgehead atoms. The van der Waals surface area contributed by atoms with Gasteiger partial charge in [0, 0.05) is 12.4 Å². The summed E-state index contributed by atoms with van der Waals surface area (Å²) in [5.41, 5.74) is -0.477. The van der Waals surface area contributed by atoms with Gasteiger partial charge in [-0.05, 0) is 5.57 Å². The largest absolute Gasteiger partial charge is 1.00 e. The Labute approximate surface area is 114 Å². The van der Waals surface area contributed by atoms with Crippen molar-refractivity contribution in [3.63, 3.8) is 0 Å². The van der Waals surface area contributed by atoms with E-state index >= 15 is 0 Å². The van der Waals surface area contributed by atoms with Crippen LogP contribution in [0.25, 0.3) is 0 Å². The van der Waals surface area contributed by atoms with E-state index < -0.39 is 23.9 Å². The van der Waals surface area contributed by atoms with Crippen LogP contribution in [-0.2, 0) is 9.59 Å². The van der Waals surface area contributed by atoms with Gasteiger partial charge in [0.15, 0.2) is 0 Å². The number of carbonyl (C=O) groups excluding carboxylic acids is 2. The van der Waals surface area contributed by atoms with Gasteiger partial charge in [-0.3, -0.25) is 0 Å². The maximum Gasteiger partial charge on any atom is 1.00 e. The van der Waals surface area contributed by atoms with Gasteiger partial charge in [0.05, 0.1) is 5.97 Å². The maximum atomic E-state index is 9.73. The van der Waals surface area contributed by atoms with Crippen LogP contribution in [-0.4, -0.2) is 17.4 Å². The smallest absolute Gasteiger partial charge is 0.550 e. The Balaban J connectivity index is -0.000000107. The molecule has 0 amide bonds. The third kappa shape index (κ3) is 13.2. The van der Waals surface area contributed by atoms with Crippen molar-refractivity contribution in [2.75, 3.05) is 0 Å². The Morgan fingerprint density at radius 2 is 1.50 bits per heavy atom. The van der Waals surface area contributed by atoms with E-state index in [1.165, 1.54) is 0 Å². The average molecular weight is 192 g/mol. The van der Waals surface area contributed by atoms with Crippen LogP contribution in [0, 0.1) is 0 Å². The van der Waals surface area contributed by atoms with Crippen molar-refractivity contribution < 1.29 is 84.4 Å². The first-order chi connectivity index (χ1) is 4.04. The van der Waals surface area contributed by atoms with Gasteiger partial charge in [-0.15, -0.1) is 0 Å². The van der Waals surface area contributed by atoms with E-state index in [1.54, 1.807) is 0 Å². The summed E-state index contributed by atoms with van der Waals surface area (Å²) >= 11 is 0. The molecule has 0 heterocycles. The molecule has 0 fully saturated rings. The Bertz CT molecular complexity index is 167. The Morgan fingerprint density at radius 1 is 1.17 bits per heavy atom. The fraction of sp³-hybridized carbons (Fsp3) is 0.200. The molecule has 0 radical (unpaired) electrons. The molecule has 0 aromatic rings. The van der Waals surface area contributed by atoms with E-state index in [9.17, 15) is 19.8 Å². The van der Waals surface area contributed by atoms with Gasteiger partial charge in [0.1, 0.15) is 0 Å². The first-order valence-corrected chi connectivity index (χ1v) is 2.13. The Hall–Kier alpha value is 0.640. The zero-order chi connectivity index (χ0) is 7.44. The zero-order valence-electron chi connectivity index (χ0n) is 7.05. The van der Waals surface area contributed by atoms with E-state index in [0.717, 1.165) is 0 Å². The van der Waals surface area contributed by atoms with Gasteiger partial charge in [0.2, 0.25) is 0 Å². The number of carboxylic acid groups (broad SMARTS) is 2. The van der Waals surface area contributed by atoms with Crippen molar-refractivity contribution in [1.29, 1.82) is 0 Å². The van der Waals surface area contributed by atoms with Gasteiger partial charge in [-0.2, -0.15) is 0 Å². The first kappa shape index (κ1) is 22.9. The summed E-state index contributed by atoms with van der Waals surface area (Å²) in [6.07, 6.45) is -0.678. The fourth-order valence-corrected chi connectivity index (χ4v) is 0.246. The number of hydrogen-bond donors (Lipinski definition) is 0. The molecular formula is C5H6Na2O5. The molecule has 7 heteroatoms. The Morgan fingerprint density at radius 3 is 1.58 bits per heavy atom. The third-order valence-electron chi connectivity index (χ3n) is 0.646. The van der Waals surface area contributed by atoms with E-state index in [4.69, 9.17) is 0 Å². The van der Waals surface area contributed by atoms with E-state index in [2.05, 4.69) is 6.58 Å². The standard InChI is InChI=1S/C5H6O4.2Na.H2O/c1-3(5(8)9)2-4(6)7;;;/h1-2H2,(H,6,7)(H,8,9);;;1H2/q;2*+1;/p-2. The minimum atomic E-state index is -1.56. The van der Waals surface area contributed by atoms with Gasteiger partial charge in [0.25, 0.3) is 0 Å². The molecule has 5 nitrogen and oxygen atoms in total. The van der Waals surface area contributed by atoms with Crippen molar-refractivity contribution in [1.82, 2.24) is 0 Å². The molecule has 12 heavy (non-hydrogen) atoms. The predicted molar refractivity (Wildman–Crippen MR) is 27.4 cm³/mol. The van der Waals surface area contributed by atoms with Crippen LogP contribution in [0.3, 0.4) is 0 Å². The van der Waals surface area contributed by atoms with Crippen LogP contribution < -0.4 is 69.3 Å². The third-order valence-corrected chi connectivity index (χ3v) is 0.646. The topological polar surface area (TPSA) is 112 Å². The molecule has 0 aliphatic carbocycles. The molecular weight excluding hydrogens is 186 g/mol. The van der Waals surface area contributed by atoms with Crippen LogP contribution >= 0.6 is 0 Å². The molecule has 0 atom stereocenters. The van der Waals surface area contributed by atoms with Gasteiger partial charge >= 0.3 is 59.1 Å². The second-order valence-electron chi connectivity index (χ2n) is 1.44. The van der Waals surface area contributed by atoms with Gasteiger partial charge in [-0.1, -0.05) is 6.58 Å². The first-order valence-electron chi connectivity index (χ1n) is 2.13. The summed E-state index contributed by atoms with van der Waals surface area (Å²) in [5.74, 6) is -3.02. The normalized spacial score (nSPS) is 6.33. The molecule has 0 aliphatic rings. The number of hydrogen-bond acceptors (Lipinski definition) is 4. The van der Waals surface area contributed by atoms with Crippen molar-refractivity contribution in [2.45, 2.75) is 6.42 Å². The van der Waals surface area contributed by atoms with Crippen LogP contribution in [0.2, 0.25) is 0 Å². The van der Waals surface area contributed by atoms with Crippen LogP contribution in [0.5, 0.6) is 0 Å². The summed E-state index contributed by atoms with van der Waals surface area (Å²) in [4.78, 5) is 19.4. The van der Waals surface area contributed by atoms with Gasteiger partial charge < -0.3 is 25.3 Å². The molecule has 0 aromatic heterocycles. The molecule has 0 unspecified atom stereocenters. The van der Waals surface area contributed by atoms with E-state index in [-0.39, 0.29) is 64.6 Å². The number of aliphatic carboxylic acids is 2. The summed E-state index contributed by atoms with van der Waals surface area (Å²) in [6, 6.07) is 0. The quantitative estimate of drug-likeness (QED) is 0.326. The number of carboxylic acids is 2. The van der Waals surface area contributed by atoms with E-state index in [0.29, 0.717) is 0 Å². The molecule has 0 saturated carbocycles. The molecule has 0 saturated heterocycles. The number of carbonyl (C=O) groups is 2. The number of rotatable bonds is 3. The second kappa shape index (κ2) is 11.6. The average Bonchev–Trinajstić information content (AvgIpc) is 1.63. The van der Waals surface area contributed by atoms with Crippen molar-refractivity contribution >= 4 is 11.9 Å². The minimum absolute atomic E-state index is 0. The van der Waals surface area contributed by atoms with Crippen LogP contribution in [0.1, 0.15) is 6.42 Å². The van der Waals surface area contributed by atoms with Crippen molar-refractivity contribution in [2.24, 2.45) is 0 Å². The molecule has 0 rings (SSSR count). The van der Waals surface area contributed by atoms with Crippen LogP contribution in [0.15, 0.2) is 12.2 Å². The van der Waals surface area contributed by atoms with Crippen LogP contribution in [0.4, 0.5) is 0 Å². The second-order valence-corrected chi connectivity index (χ2v) is 1.44. The summed E-state index contributed by atoms with van der Waals surface area (Å²) in [5, 5.41) is 19.4. The Kier molecular flexibility index (Phi) is 22.3. The van der Waals surface area contributed by atoms with E-state index in [1.807, 2.05) is 0 Å². The van der Waals surface area contributed by atoms with Crippen molar-refractivity contribution in [3.8, 4) is 0 Å². The minimum Gasteiger partial charge on any atom is -0.550 e. The molecule has 0 spiro atoms. The summed E-state index contributed by atoms with van der Waals surface area (Å²) in [6.45, 7) is 2.91. The SMILES string of the molecule is C=C(CC(=O)[O-])C(=O)[O-].O.[Na+].[Na+]. The maximum absolute atomic E-state index is 9.73. The summed E-state index contributed by atoms with van der Waals surface area (Å²) in [7, 11) is 0. The molecule has 0 aromatic carbocycles. The molecule has 0 aliphatic heterocycles. The molecule has 58 valence electrons. The summed E-state index contributed by atoms with van der Waals surface area (Å²) < 4.78 is 0.